The number of amides is 2. The Morgan fingerprint density at radius 3 is 2.19 bits per heavy atom. The summed E-state index contributed by atoms with van der Waals surface area (Å²) in [5.41, 5.74) is 2.79. The Balaban J connectivity index is 1.71. The number of hydrogen-bond donors (Lipinski definition) is 2. The molecule has 2 amide bonds. The van der Waals surface area contributed by atoms with Crippen molar-refractivity contribution in [2.75, 3.05) is 20.2 Å². The zero-order chi connectivity index (χ0) is 19.6. The lowest BCUT2D eigenvalue weighted by atomic mass is 10.0. The Hall–Kier alpha value is -3.08. The molecular formula is C22H26N2O3. The summed E-state index contributed by atoms with van der Waals surface area (Å²) >= 11 is 0. The van der Waals surface area contributed by atoms with Crippen molar-refractivity contribution in [2.24, 2.45) is 0 Å². The number of ether oxygens (including phenoxy) is 1. The lowest BCUT2D eigenvalue weighted by Crippen LogP contribution is -2.33. The van der Waals surface area contributed by atoms with Crippen LogP contribution in [-0.2, 0) is 4.79 Å². The largest absolute Gasteiger partial charge is 0.497 e. The number of benzene rings is 2. The van der Waals surface area contributed by atoms with E-state index < -0.39 is 0 Å². The predicted molar refractivity (Wildman–Crippen MR) is 108 cm³/mol. The third kappa shape index (κ3) is 6.62. The Morgan fingerprint density at radius 2 is 1.59 bits per heavy atom. The first-order chi connectivity index (χ1) is 13.0. The van der Waals surface area contributed by atoms with Gasteiger partial charge in [-0.15, -0.1) is 0 Å². The second kappa shape index (κ2) is 10.2. The van der Waals surface area contributed by atoms with E-state index in [1.807, 2.05) is 12.1 Å². The van der Waals surface area contributed by atoms with E-state index in [2.05, 4.69) is 36.6 Å². The van der Waals surface area contributed by atoms with Gasteiger partial charge in [0.05, 0.1) is 7.11 Å². The Morgan fingerprint density at radius 1 is 0.963 bits per heavy atom. The van der Waals surface area contributed by atoms with E-state index in [0.717, 1.165) is 5.56 Å². The van der Waals surface area contributed by atoms with E-state index in [-0.39, 0.29) is 11.8 Å². The third-order valence-corrected chi connectivity index (χ3v) is 4.09. The molecule has 142 valence electrons. The highest BCUT2D eigenvalue weighted by molar-refractivity contribution is 5.94. The number of nitrogens with one attached hydrogen (secondary N) is 2. The highest BCUT2D eigenvalue weighted by Gasteiger charge is 2.05. The highest BCUT2D eigenvalue weighted by Crippen LogP contribution is 2.15. The number of carbonyl (C=O) groups excluding carboxylic acids is 2. The van der Waals surface area contributed by atoms with Gasteiger partial charge in [0.15, 0.2) is 0 Å². The zero-order valence-corrected chi connectivity index (χ0v) is 16.0. The summed E-state index contributed by atoms with van der Waals surface area (Å²) in [6.07, 6.45) is 3.27. The van der Waals surface area contributed by atoms with Crippen LogP contribution in [-0.4, -0.2) is 32.0 Å². The average molecular weight is 366 g/mol. The van der Waals surface area contributed by atoms with Crippen LogP contribution in [0.15, 0.2) is 54.6 Å². The van der Waals surface area contributed by atoms with E-state index in [9.17, 15) is 9.59 Å². The summed E-state index contributed by atoms with van der Waals surface area (Å²) in [7, 11) is 1.58. The van der Waals surface area contributed by atoms with Gasteiger partial charge in [-0.1, -0.05) is 38.1 Å². The Kier molecular flexibility index (Phi) is 7.62. The van der Waals surface area contributed by atoms with Crippen molar-refractivity contribution in [1.82, 2.24) is 10.6 Å². The third-order valence-electron chi connectivity index (χ3n) is 4.09. The molecule has 2 aromatic carbocycles. The van der Waals surface area contributed by atoms with Crippen LogP contribution >= 0.6 is 0 Å². The lowest BCUT2D eigenvalue weighted by Gasteiger charge is -2.07. The zero-order valence-electron chi connectivity index (χ0n) is 16.0. The molecule has 0 saturated heterocycles. The molecule has 2 N–H and O–H groups in total. The van der Waals surface area contributed by atoms with Gasteiger partial charge in [0.2, 0.25) is 5.91 Å². The second-order valence-electron chi connectivity index (χ2n) is 6.43. The van der Waals surface area contributed by atoms with Crippen LogP contribution in [0, 0.1) is 0 Å². The predicted octanol–water partition coefficient (Wildman–Crippen LogP) is 3.38. The topological polar surface area (TPSA) is 67.4 Å². The van der Waals surface area contributed by atoms with Crippen molar-refractivity contribution in [3.8, 4) is 5.75 Å². The Labute approximate surface area is 160 Å². The van der Waals surface area contributed by atoms with Crippen LogP contribution in [0.2, 0.25) is 0 Å². The number of carbonyl (C=O) groups is 2. The van der Waals surface area contributed by atoms with Gasteiger partial charge < -0.3 is 15.4 Å². The summed E-state index contributed by atoms with van der Waals surface area (Å²) < 4.78 is 5.06. The first-order valence-corrected chi connectivity index (χ1v) is 8.97. The van der Waals surface area contributed by atoms with Gasteiger partial charge in [0.1, 0.15) is 5.75 Å². The van der Waals surface area contributed by atoms with Gasteiger partial charge >= 0.3 is 0 Å². The minimum absolute atomic E-state index is 0.187. The van der Waals surface area contributed by atoms with Gasteiger partial charge in [0.25, 0.3) is 5.91 Å². The molecule has 0 aliphatic rings. The van der Waals surface area contributed by atoms with E-state index in [1.54, 1.807) is 37.5 Å². The maximum Gasteiger partial charge on any atom is 0.251 e. The van der Waals surface area contributed by atoms with Crippen LogP contribution < -0.4 is 15.4 Å². The van der Waals surface area contributed by atoms with E-state index >= 15 is 0 Å². The fraction of sp³-hybridized carbons (Fsp3) is 0.273. The molecule has 0 aliphatic carbocycles. The van der Waals surface area contributed by atoms with E-state index in [1.165, 1.54) is 11.6 Å². The minimum Gasteiger partial charge on any atom is -0.497 e. The van der Waals surface area contributed by atoms with Crippen LogP contribution in [0.25, 0.3) is 6.08 Å². The maximum atomic E-state index is 12.0. The first kappa shape index (κ1) is 20.2. The average Bonchev–Trinajstić information content (AvgIpc) is 2.69. The summed E-state index contributed by atoms with van der Waals surface area (Å²) in [6.45, 7) is 5.00. The van der Waals surface area contributed by atoms with Crippen LogP contribution in [0.1, 0.15) is 41.3 Å². The van der Waals surface area contributed by atoms with E-state index in [4.69, 9.17) is 4.74 Å². The molecule has 0 aromatic heterocycles. The van der Waals surface area contributed by atoms with Crippen molar-refractivity contribution in [2.45, 2.75) is 19.8 Å². The Bertz CT molecular complexity index is 778. The molecule has 0 spiro atoms. The number of rotatable bonds is 8. The molecule has 5 nitrogen and oxygen atoms in total. The van der Waals surface area contributed by atoms with Gasteiger partial charge in [-0.2, -0.15) is 0 Å². The minimum atomic E-state index is -0.193. The molecule has 5 heteroatoms. The number of methoxy groups -OCH3 is 1. The van der Waals surface area contributed by atoms with Gasteiger partial charge in [-0.3, -0.25) is 9.59 Å². The molecule has 0 atom stereocenters. The summed E-state index contributed by atoms with van der Waals surface area (Å²) in [4.78, 5) is 23.8. The van der Waals surface area contributed by atoms with Gasteiger partial charge in [0, 0.05) is 24.7 Å². The molecule has 0 heterocycles. The van der Waals surface area contributed by atoms with Crippen LogP contribution in [0.4, 0.5) is 0 Å². The highest BCUT2D eigenvalue weighted by atomic mass is 16.5. The fourth-order valence-corrected chi connectivity index (χ4v) is 2.43. The van der Waals surface area contributed by atoms with E-state index in [0.29, 0.717) is 30.3 Å². The number of hydrogen-bond acceptors (Lipinski definition) is 3. The monoisotopic (exact) mass is 366 g/mol. The fourth-order valence-electron chi connectivity index (χ4n) is 2.43. The molecule has 0 radical (unpaired) electrons. The summed E-state index contributed by atoms with van der Waals surface area (Å²) in [5, 5.41) is 5.51. The first-order valence-electron chi connectivity index (χ1n) is 8.97. The SMILES string of the molecule is COc1ccc(C(=O)NCCNC(=O)/C=C/c2ccc(C(C)C)cc2)cc1. The van der Waals surface area contributed by atoms with Crippen molar-refractivity contribution < 1.29 is 14.3 Å². The van der Waals surface area contributed by atoms with Crippen molar-refractivity contribution in [3.63, 3.8) is 0 Å². The van der Waals surface area contributed by atoms with Crippen molar-refractivity contribution >= 4 is 17.9 Å². The molecular weight excluding hydrogens is 340 g/mol. The molecule has 0 aliphatic heterocycles. The van der Waals surface area contributed by atoms with Crippen molar-refractivity contribution in [3.05, 3.63) is 71.3 Å². The normalized spacial score (nSPS) is 10.8. The van der Waals surface area contributed by atoms with Gasteiger partial charge in [-0.25, -0.2) is 0 Å². The quantitative estimate of drug-likeness (QED) is 0.556. The van der Waals surface area contributed by atoms with Crippen molar-refractivity contribution in [1.29, 1.82) is 0 Å². The molecule has 0 saturated carbocycles. The molecule has 2 aromatic rings. The standard InChI is InChI=1S/C22H26N2O3/c1-16(2)18-7-4-17(5-8-18)6-13-21(25)23-14-15-24-22(26)19-9-11-20(27-3)12-10-19/h4-13,16H,14-15H2,1-3H3,(H,23,25)(H,24,26)/b13-6+. The lowest BCUT2D eigenvalue weighted by molar-refractivity contribution is -0.116. The summed E-state index contributed by atoms with van der Waals surface area (Å²) in [5.74, 6) is 0.804. The smallest absolute Gasteiger partial charge is 0.251 e. The molecule has 0 bridgehead atoms. The second-order valence-corrected chi connectivity index (χ2v) is 6.43. The van der Waals surface area contributed by atoms with Crippen LogP contribution in [0.3, 0.4) is 0 Å². The molecule has 27 heavy (non-hydrogen) atoms. The summed E-state index contributed by atoms with van der Waals surface area (Å²) in [6, 6.07) is 15.0. The maximum absolute atomic E-state index is 12.0. The molecule has 0 unspecified atom stereocenters. The van der Waals surface area contributed by atoms with Crippen LogP contribution in [0.5, 0.6) is 5.75 Å². The molecule has 2 rings (SSSR count). The molecule has 0 fully saturated rings. The van der Waals surface area contributed by atoms with Gasteiger partial charge in [-0.05, 0) is 47.4 Å².